The number of para-hydroxylation sites is 1. The van der Waals surface area contributed by atoms with Crippen molar-refractivity contribution >= 4 is 10.9 Å². The van der Waals surface area contributed by atoms with Crippen LogP contribution < -0.4 is 0 Å². The maximum absolute atomic E-state index is 10.5. The third-order valence-electron chi connectivity index (χ3n) is 4.16. The van der Waals surface area contributed by atoms with Gasteiger partial charge in [0.05, 0.1) is 30.0 Å². The lowest BCUT2D eigenvalue weighted by molar-refractivity contribution is -0.0825. The molecule has 0 aliphatic carbocycles. The number of aliphatic hydroxyl groups is 1. The number of aryl methyl sites for hydroxylation is 1. The number of likely N-dealkylation sites (N-methyl/N-ethyl adjacent to an activating group) is 1. The molecular weight excluding hydrogens is 266 g/mol. The highest BCUT2D eigenvalue weighted by Gasteiger charge is 2.26. The fraction of sp³-hybridized carbons (Fsp3) is 0.562. The van der Waals surface area contributed by atoms with Gasteiger partial charge >= 0.3 is 0 Å². The highest BCUT2D eigenvalue weighted by Crippen LogP contribution is 2.21. The zero-order valence-corrected chi connectivity index (χ0v) is 12.7. The van der Waals surface area contributed by atoms with Crippen LogP contribution in [-0.2, 0) is 17.7 Å². The summed E-state index contributed by atoms with van der Waals surface area (Å²) in [7, 11) is 2.06. The molecule has 1 fully saturated rings. The van der Waals surface area contributed by atoms with E-state index in [2.05, 4.69) is 36.1 Å². The highest BCUT2D eigenvalue weighted by atomic mass is 16.5. The maximum Gasteiger partial charge on any atom is 0.0964 e. The summed E-state index contributed by atoms with van der Waals surface area (Å²) >= 11 is 0. The molecule has 0 radical (unpaired) electrons. The summed E-state index contributed by atoms with van der Waals surface area (Å²) in [6.45, 7) is 5.30. The second-order valence-electron chi connectivity index (χ2n) is 5.72. The zero-order chi connectivity index (χ0) is 14.8. The van der Waals surface area contributed by atoms with Gasteiger partial charge in [0, 0.05) is 31.4 Å². The average Bonchev–Trinajstić information content (AvgIpc) is 2.85. The number of hydrogen-bond acceptors (Lipinski definition) is 4. The number of nitrogens with zero attached hydrogens (tertiary/aromatic N) is 3. The standard InChI is InChI=1S/C16H23N3O2/c1-3-19-14-7-5-4-6-12(14)13(17-19)10-15(20)16-11-18(2)8-9-21-16/h4-7,15-16,20H,3,8-11H2,1-2H3. The van der Waals surface area contributed by atoms with Gasteiger partial charge in [-0.1, -0.05) is 18.2 Å². The van der Waals surface area contributed by atoms with Crippen molar-refractivity contribution in [3.63, 3.8) is 0 Å². The largest absolute Gasteiger partial charge is 0.390 e. The maximum atomic E-state index is 10.5. The molecule has 1 N–H and O–H groups in total. The molecule has 21 heavy (non-hydrogen) atoms. The lowest BCUT2D eigenvalue weighted by Crippen LogP contribution is -2.46. The lowest BCUT2D eigenvalue weighted by Gasteiger charge is -2.32. The second kappa shape index (κ2) is 6.13. The molecule has 2 atom stereocenters. The van der Waals surface area contributed by atoms with Gasteiger partial charge in [0.1, 0.15) is 0 Å². The van der Waals surface area contributed by atoms with Gasteiger partial charge in [-0.3, -0.25) is 4.68 Å². The molecule has 1 saturated heterocycles. The van der Waals surface area contributed by atoms with Crippen molar-refractivity contribution < 1.29 is 9.84 Å². The first kappa shape index (κ1) is 14.5. The van der Waals surface area contributed by atoms with E-state index in [1.165, 1.54) is 0 Å². The van der Waals surface area contributed by atoms with E-state index in [1.807, 2.05) is 16.8 Å². The van der Waals surface area contributed by atoms with Gasteiger partial charge in [-0.05, 0) is 20.0 Å². The predicted octanol–water partition coefficient (Wildman–Crippen LogP) is 1.29. The van der Waals surface area contributed by atoms with E-state index in [0.717, 1.165) is 36.2 Å². The summed E-state index contributed by atoms with van der Waals surface area (Å²) < 4.78 is 7.69. The molecule has 2 unspecified atom stereocenters. The van der Waals surface area contributed by atoms with Gasteiger partial charge in [-0.15, -0.1) is 0 Å². The molecule has 5 heteroatoms. The topological polar surface area (TPSA) is 50.5 Å². The summed E-state index contributed by atoms with van der Waals surface area (Å²) in [5.41, 5.74) is 2.08. The van der Waals surface area contributed by atoms with Crippen molar-refractivity contribution in [3.05, 3.63) is 30.0 Å². The molecule has 0 amide bonds. The lowest BCUT2D eigenvalue weighted by atomic mass is 10.0. The summed E-state index contributed by atoms with van der Waals surface area (Å²) in [6.07, 6.45) is -0.114. The molecule has 114 valence electrons. The van der Waals surface area contributed by atoms with Crippen molar-refractivity contribution in [1.82, 2.24) is 14.7 Å². The molecule has 1 aromatic heterocycles. The van der Waals surface area contributed by atoms with E-state index in [9.17, 15) is 5.11 Å². The second-order valence-corrected chi connectivity index (χ2v) is 5.72. The van der Waals surface area contributed by atoms with Crippen LogP contribution in [0.15, 0.2) is 24.3 Å². The van der Waals surface area contributed by atoms with Crippen molar-refractivity contribution in [2.45, 2.75) is 32.1 Å². The fourth-order valence-electron chi connectivity index (χ4n) is 2.96. The first-order chi connectivity index (χ1) is 10.2. The summed E-state index contributed by atoms with van der Waals surface area (Å²) in [5, 5.41) is 16.3. The van der Waals surface area contributed by atoms with Crippen molar-refractivity contribution in [1.29, 1.82) is 0 Å². The molecule has 1 aliphatic rings. The Morgan fingerprint density at radius 2 is 2.24 bits per heavy atom. The van der Waals surface area contributed by atoms with E-state index >= 15 is 0 Å². The van der Waals surface area contributed by atoms with E-state index in [1.54, 1.807) is 0 Å². The Hall–Kier alpha value is -1.43. The molecule has 3 rings (SSSR count). The fourth-order valence-corrected chi connectivity index (χ4v) is 2.96. The van der Waals surface area contributed by atoms with Crippen LogP contribution in [0.3, 0.4) is 0 Å². The molecule has 0 bridgehead atoms. The van der Waals surface area contributed by atoms with Crippen LogP contribution in [-0.4, -0.2) is 58.7 Å². The monoisotopic (exact) mass is 289 g/mol. The molecule has 0 spiro atoms. The van der Waals surface area contributed by atoms with Crippen LogP contribution in [0.4, 0.5) is 0 Å². The minimum atomic E-state index is -0.517. The molecule has 2 heterocycles. The van der Waals surface area contributed by atoms with Crippen LogP contribution >= 0.6 is 0 Å². The van der Waals surface area contributed by atoms with Crippen LogP contribution in [0.5, 0.6) is 0 Å². The number of benzene rings is 1. The molecular formula is C16H23N3O2. The minimum absolute atomic E-state index is 0.130. The smallest absolute Gasteiger partial charge is 0.0964 e. The van der Waals surface area contributed by atoms with Crippen LogP contribution in [0, 0.1) is 0 Å². The number of fused-ring (bicyclic) bond motifs is 1. The number of rotatable bonds is 4. The van der Waals surface area contributed by atoms with E-state index < -0.39 is 6.10 Å². The Morgan fingerprint density at radius 3 is 3.00 bits per heavy atom. The number of hydrogen-bond donors (Lipinski definition) is 1. The molecule has 1 aromatic carbocycles. The van der Waals surface area contributed by atoms with Gasteiger partial charge in [-0.2, -0.15) is 5.10 Å². The van der Waals surface area contributed by atoms with Crippen LogP contribution in [0.25, 0.3) is 10.9 Å². The van der Waals surface area contributed by atoms with Crippen molar-refractivity contribution in [2.75, 3.05) is 26.7 Å². The van der Waals surface area contributed by atoms with Crippen molar-refractivity contribution in [3.8, 4) is 0 Å². The van der Waals surface area contributed by atoms with Gasteiger partial charge < -0.3 is 14.7 Å². The number of aliphatic hydroxyl groups excluding tert-OH is 1. The number of ether oxygens (including phenoxy) is 1. The number of morpholine rings is 1. The molecule has 1 aliphatic heterocycles. The zero-order valence-electron chi connectivity index (χ0n) is 12.7. The Labute approximate surface area is 125 Å². The Morgan fingerprint density at radius 1 is 1.43 bits per heavy atom. The Balaban J connectivity index is 1.81. The molecule has 5 nitrogen and oxygen atoms in total. The molecule has 0 saturated carbocycles. The van der Waals surface area contributed by atoms with Crippen molar-refractivity contribution in [2.24, 2.45) is 0 Å². The normalized spacial score (nSPS) is 21.8. The average molecular weight is 289 g/mol. The Kier molecular flexibility index (Phi) is 4.24. The summed E-state index contributed by atoms with van der Waals surface area (Å²) in [5.74, 6) is 0. The molecule has 2 aromatic rings. The van der Waals surface area contributed by atoms with Crippen LogP contribution in [0.2, 0.25) is 0 Å². The van der Waals surface area contributed by atoms with Gasteiger partial charge in [-0.25, -0.2) is 0 Å². The minimum Gasteiger partial charge on any atom is -0.390 e. The predicted molar refractivity (Wildman–Crippen MR) is 82.4 cm³/mol. The van der Waals surface area contributed by atoms with E-state index in [0.29, 0.717) is 13.0 Å². The van der Waals surface area contributed by atoms with Gasteiger partial charge in [0.2, 0.25) is 0 Å². The third-order valence-corrected chi connectivity index (χ3v) is 4.16. The quantitative estimate of drug-likeness (QED) is 0.921. The van der Waals surface area contributed by atoms with Gasteiger partial charge in [0.25, 0.3) is 0 Å². The first-order valence-corrected chi connectivity index (χ1v) is 7.61. The van der Waals surface area contributed by atoms with E-state index in [4.69, 9.17) is 4.74 Å². The first-order valence-electron chi connectivity index (χ1n) is 7.61. The Bertz CT molecular complexity index is 611. The summed E-state index contributed by atoms with van der Waals surface area (Å²) in [4.78, 5) is 2.19. The highest BCUT2D eigenvalue weighted by molar-refractivity contribution is 5.82. The SMILES string of the molecule is CCn1nc(CC(O)C2CN(C)CCO2)c2ccccc21. The van der Waals surface area contributed by atoms with Gasteiger partial charge in [0.15, 0.2) is 0 Å². The summed E-state index contributed by atoms with van der Waals surface area (Å²) in [6, 6.07) is 8.19. The third kappa shape index (κ3) is 2.95. The number of aromatic nitrogens is 2. The van der Waals surface area contributed by atoms with E-state index in [-0.39, 0.29) is 6.10 Å². The van der Waals surface area contributed by atoms with Crippen LogP contribution in [0.1, 0.15) is 12.6 Å².